The highest BCUT2D eigenvalue weighted by Crippen LogP contribution is 2.17. The lowest BCUT2D eigenvalue weighted by molar-refractivity contribution is -0.139. The highest BCUT2D eigenvalue weighted by molar-refractivity contribution is 5.81. The van der Waals surface area contributed by atoms with Crippen molar-refractivity contribution in [2.45, 2.75) is 12.5 Å². The first-order valence-electron chi connectivity index (χ1n) is 5.03. The Morgan fingerprint density at radius 1 is 1.69 bits per heavy atom. The molecule has 2 heterocycles. The van der Waals surface area contributed by atoms with Gasteiger partial charge in [0.05, 0.1) is 0 Å². The van der Waals surface area contributed by atoms with E-state index < -0.39 is 12.0 Å². The van der Waals surface area contributed by atoms with Crippen LogP contribution in [0.3, 0.4) is 0 Å². The number of aliphatic carboxylic acids is 1. The van der Waals surface area contributed by atoms with Gasteiger partial charge in [-0.15, -0.1) is 0 Å². The monoisotopic (exact) mass is 219 g/mol. The summed E-state index contributed by atoms with van der Waals surface area (Å²) in [5.41, 5.74) is 1.75. The standard InChI is InChI=1S/C11H13N3O2/c1-12-9(11(15)16)5-7-6-14-10-8(7)3-2-4-13-10/h2-4,6,9,12H,5H2,1H3,(H,13,14)(H,15,16). The number of hydrogen-bond donors (Lipinski definition) is 3. The van der Waals surface area contributed by atoms with Crippen molar-refractivity contribution in [3.05, 3.63) is 30.1 Å². The van der Waals surface area contributed by atoms with Crippen LogP contribution >= 0.6 is 0 Å². The van der Waals surface area contributed by atoms with Gasteiger partial charge in [0.25, 0.3) is 0 Å². The maximum atomic E-state index is 10.9. The molecule has 0 aromatic carbocycles. The molecule has 0 radical (unpaired) electrons. The Balaban J connectivity index is 2.30. The summed E-state index contributed by atoms with van der Waals surface area (Å²) in [5.74, 6) is -0.847. The number of likely N-dealkylation sites (N-methyl/N-ethyl adjacent to an activating group) is 1. The molecule has 0 saturated carbocycles. The number of carboxylic acids is 1. The molecule has 2 aromatic rings. The molecule has 0 aliphatic rings. The fourth-order valence-corrected chi connectivity index (χ4v) is 1.71. The molecule has 2 rings (SSSR count). The molecule has 0 saturated heterocycles. The minimum absolute atomic E-state index is 0.442. The molecule has 1 atom stereocenters. The molecular formula is C11H13N3O2. The van der Waals surface area contributed by atoms with Crippen molar-refractivity contribution in [1.82, 2.24) is 15.3 Å². The number of pyridine rings is 1. The molecule has 5 heteroatoms. The number of fused-ring (bicyclic) bond motifs is 1. The summed E-state index contributed by atoms with van der Waals surface area (Å²) in [6.45, 7) is 0. The van der Waals surface area contributed by atoms with E-state index in [1.54, 1.807) is 13.2 Å². The van der Waals surface area contributed by atoms with E-state index in [-0.39, 0.29) is 0 Å². The second-order valence-electron chi connectivity index (χ2n) is 3.60. The van der Waals surface area contributed by atoms with Crippen LogP contribution in [0, 0.1) is 0 Å². The minimum atomic E-state index is -0.847. The van der Waals surface area contributed by atoms with Crippen molar-refractivity contribution in [2.24, 2.45) is 0 Å². The summed E-state index contributed by atoms with van der Waals surface area (Å²) in [5, 5.41) is 12.7. The second kappa shape index (κ2) is 4.32. The van der Waals surface area contributed by atoms with Crippen molar-refractivity contribution in [3.8, 4) is 0 Å². The van der Waals surface area contributed by atoms with Crippen LogP contribution in [0.5, 0.6) is 0 Å². The first-order chi connectivity index (χ1) is 7.72. The second-order valence-corrected chi connectivity index (χ2v) is 3.60. The first kappa shape index (κ1) is 10.6. The van der Waals surface area contributed by atoms with Crippen LogP contribution in [0.2, 0.25) is 0 Å². The Kier molecular flexibility index (Phi) is 2.87. The molecule has 3 N–H and O–H groups in total. The molecule has 0 aliphatic heterocycles. The molecule has 0 fully saturated rings. The molecule has 84 valence electrons. The summed E-state index contributed by atoms with van der Waals surface area (Å²) in [7, 11) is 1.64. The lowest BCUT2D eigenvalue weighted by atomic mass is 10.1. The fraction of sp³-hybridized carbons (Fsp3) is 0.273. The summed E-state index contributed by atoms with van der Waals surface area (Å²) < 4.78 is 0. The lowest BCUT2D eigenvalue weighted by Crippen LogP contribution is -2.35. The average Bonchev–Trinajstić information content (AvgIpc) is 2.69. The highest BCUT2D eigenvalue weighted by Gasteiger charge is 2.17. The molecule has 2 aromatic heterocycles. The van der Waals surface area contributed by atoms with E-state index in [1.807, 2.05) is 18.3 Å². The third-order valence-corrected chi connectivity index (χ3v) is 2.61. The normalized spacial score (nSPS) is 12.8. The lowest BCUT2D eigenvalue weighted by Gasteiger charge is -2.09. The van der Waals surface area contributed by atoms with Gasteiger partial charge in [-0.2, -0.15) is 0 Å². The smallest absolute Gasteiger partial charge is 0.321 e. The number of nitrogens with zero attached hydrogens (tertiary/aromatic N) is 1. The Morgan fingerprint density at radius 3 is 3.19 bits per heavy atom. The Hall–Kier alpha value is -1.88. The fourth-order valence-electron chi connectivity index (χ4n) is 1.71. The number of carboxylic acid groups (broad SMARTS) is 1. The largest absolute Gasteiger partial charge is 0.480 e. The Bertz CT molecular complexity index is 507. The third kappa shape index (κ3) is 1.90. The first-order valence-corrected chi connectivity index (χ1v) is 5.03. The number of hydrogen-bond acceptors (Lipinski definition) is 3. The number of nitrogens with one attached hydrogen (secondary N) is 2. The van der Waals surface area contributed by atoms with E-state index in [2.05, 4.69) is 15.3 Å². The van der Waals surface area contributed by atoms with Crippen molar-refractivity contribution >= 4 is 17.0 Å². The van der Waals surface area contributed by atoms with Gasteiger partial charge in [0.15, 0.2) is 0 Å². The van der Waals surface area contributed by atoms with Gasteiger partial charge in [-0.25, -0.2) is 4.98 Å². The van der Waals surface area contributed by atoms with Gasteiger partial charge in [-0.05, 0) is 24.7 Å². The molecule has 0 spiro atoms. The molecule has 16 heavy (non-hydrogen) atoms. The SMILES string of the molecule is CNC(Cc1c[nH]c2ncccc12)C(=O)O. The number of rotatable bonds is 4. The maximum Gasteiger partial charge on any atom is 0.321 e. The average molecular weight is 219 g/mol. The quantitative estimate of drug-likeness (QED) is 0.710. The van der Waals surface area contributed by atoms with Gasteiger partial charge in [0, 0.05) is 24.2 Å². The topological polar surface area (TPSA) is 78.0 Å². The van der Waals surface area contributed by atoms with Crippen molar-refractivity contribution < 1.29 is 9.90 Å². The van der Waals surface area contributed by atoms with Crippen LogP contribution in [-0.4, -0.2) is 34.1 Å². The molecule has 1 unspecified atom stereocenters. The van der Waals surface area contributed by atoms with Crippen molar-refractivity contribution in [3.63, 3.8) is 0 Å². The Morgan fingerprint density at radius 2 is 2.50 bits per heavy atom. The van der Waals surface area contributed by atoms with Crippen molar-refractivity contribution in [1.29, 1.82) is 0 Å². The predicted molar refractivity (Wildman–Crippen MR) is 60.3 cm³/mol. The molecule has 0 amide bonds. The van der Waals surface area contributed by atoms with Crippen molar-refractivity contribution in [2.75, 3.05) is 7.05 Å². The molecular weight excluding hydrogens is 206 g/mol. The van der Waals surface area contributed by atoms with Crippen LogP contribution in [-0.2, 0) is 11.2 Å². The molecule has 0 aliphatic carbocycles. The predicted octanol–water partition coefficient (Wildman–Crippen LogP) is 0.778. The van der Waals surface area contributed by atoms with Crippen LogP contribution in [0.25, 0.3) is 11.0 Å². The molecule has 5 nitrogen and oxygen atoms in total. The highest BCUT2D eigenvalue weighted by atomic mass is 16.4. The van der Waals surface area contributed by atoms with Crippen LogP contribution in [0.4, 0.5) is 0 Å². The van der Waals surface area contributed by atoms with Crippen LogP contribution in [0.1, 0.15) is 5.56 Å². The van der Waals surface area contributed by atoms with E-state index >= 15 is 0 Å². The van der Waals surface area contributed by atoms with E-state index in [9.17, 15) is 4.79 Å². The zero-order valence-electron chi connectivity index (χ0n) is 8.90. The number of H-pyrrole nitrogens is 1. The van der Waals surface area contributed by atoms with E-state index in [4.69, 9.17) is 5.11 Å². The van der Waals surface area contributed by atoms with E-state index in [0.29, 0.717) is 6.42 Å². The maximum absolute atomic E-state index is 10.9. The number of carbonyl (C=O) groups is 1. The Labute approximate surface area is 92.5 Å². The number of aromatic amines is 1. The van der Waals surface area contributed by atoms with E-state index in [1.165, 1.54) is 0 Å². The van der Waals surface area contributed by atoms with Gasteiger partial charge < -0.3 is 15.4 Å². The summed E-state index contributed by atoms with van der Waals surface area (Å²) >= 11 is 0. The number of aromatic nitrogens is 2. The zero-order chi connectivity index (χ0) is 11.5. The third-order valence-electron chi connectivity index (χ3n) is 2.61. The van der Waals surface area contributed by atoms with Gasteiger partial charge in [0.1, 0.15) is 11.7 Å². The van der Waals surface area contributed by atoms with Gasteiger partial charge in [-0.1, -0.05) is 0 Å². The van der Waals surface area contributed by atoms with Gasteiger partial charge in [-0.3, -0.25) is 4.79 Å². The van der Waals surface area contributed by atoms with Gasteiger partial charge >= 0.3 is 5.97 Å². The minimum Gasteiger partial charge on any atom is -0.480 e. The van der Waals surface area contributed by atoms with E-state index in [0.717, 1.165) is 16.6 Å². The van der Waals surface area contributed by atoms with Crippen LogP contribution < -0.4 is 5.32 Å². The van der Waals surface area contributed by atoms with Gasteiger partial charge in [0.2, 0.25) is 0 Å². The summed E-state index contributed by atoms with van der Waals surface area (Å²) in [4.78, 5) is 18.1. The summed E-state index contributed by atoms with van der Waals surface area (Å²) in [6, 6.07) is 3.21. The molecule has 0 bridgehead atoms. The zero-order valence-corrected chi connectivity index (χ0v) is 8.90. The summed E-state index contributed by atoms with van der Waals surface area (Å²) in [6.07, 6.45) is 3.96. The van der Waals surface area contributed by atoms with Crippen LogP contribution in [0.15, 0.2) is 24.5 Å².